The number of hydrogen-bond acceptors (Lipinski definition) is 2. The monoisotopic (exact) mass is 191 g/mol. The second kappa shape index (κ2) is 3.40. The molecule has 1 aromatic heterocycles. The number of nitrogens with zero attached hydrogens (tertiary/aromatic N) is 1. The van der Waals surface area contributed by atoms with Crippen LogP contribution in [-0.2, 0) is 7.05 Å². The maximum absolute atomic E-state index is 11.8. The van der Waals surface area contributed by atoms with Crippen LogP contribution in [0.1, 0.15) is 40.1 Å². The first-order chi connectivity index (χ1) is 6.72. The zero-order chi connectivity index (χ0) is 10.1. The lowest BCUT2D eigenvalue weighted by Gasteiger charge is -2.23. The minimum atomic E-state index is 0.194. The van der Waals surface area contributed by atoms with E-state index < -0.39 is 0 Å². The fraction of sp³-hybridized carbons (Fsp3) is 0.455. The van der Waals surface area contributed by atoms with Crippen molar-refractivity contribution in [2.75, 3.05) is 0 Å². The Morgan fingerprint density at radius 1 is 1.57 bits per heavy atom. The summed E-state index contributed by atoms with van der Waals surface area (Å²) < 4.78 is 1.69. The molecule has 0 radical (unpaired) electrons. The number of aldehydes is 1. The molecule has 0 aliphatic heterocycles. The summed E-state index contributed by atoms with van der Waals surface area (Å²) in [5.74, 6) is 0.400. The van der Waals surface area contributed by atoms with E-state index in [0.717, 1.165) is 25.5 Å². The highest BCUT2D eigenvalue weighted by Gasteiger charge is 2.26. The third-order valence-corrected chi connectivity index (χ3v) is 2.92. The summed E-state index contributed by atoms with van der Waals surface area (Å²) in [7, 11) is 1.78. The Kier molecular flexibility index (Phi) is 2.23. The minimum absolute atomic E-state index is 0.194. The molecular formula is C11H13NO2. The van der Waals surface area contributed by atoms with E-state index >= 15 is 0 Å². The number of aromatic nitrogens is 1. The molecule has 0 saturated heterocycles. The molecule has 0 atom stereocenters. The highest BCUT2D eigenvalue weighted by atomic mass is 16.1. The first-order valence-electron chi connectivity index (χ1n) is 4.88. The lowest BCUT2D eigenvalue weighted by Crippen LogP contribution is -2.21. The van der Waals surface area contributed by atoms with Crippen LogP contribution < -0.4 is 0 Å². The van der Waals surface area contributed by atoms with E-state index in [1.807, 2.05) is 0 Å². The predicted octanol–water partition coefficient (Wildman–Crippen LogP) is 1.82. The Balaban J connectivity index is 2.22. The van der Waals surface area contributed by atoms with E-state index in [0.29, 0.717) is 11.3 Å². The molecule has 0 aromatic carbocycles. The summed E-state index contributed by atoms with van der Waals surface area (Å²) in [4.78, 5) is 22.4. The molecule has 1 saturated carbocycles. The van der Waals surface area contributed by atoms with Gasteiger partial charge in [0, 0.05) is 24.7 Å². The maximum Gasteiger partial charge on any atom is 0.167 e. The van der Waals surface area contributed by atoms with Crippen molar-refractivity contribution in [2.24, 2.45) is 13.0 Å². The van der Waals surface area contributed by atoms with E-state index in [1.54, 1.807) is 23.9 Å². The lowest BCUT2D eigenvalue weighted by atomic mass is 9.80. The third-order valence-electron chi connectivity index (χ3n) is 2.92. The Morgan fingerprint density at radius 3 is 2.71 bits per heavy atom. The van der Waals surface area contributed by atoms with Gasteiger partial charge in [0.25, 0.3) is 0 Å². The van der Waals surface area contributed by atoms with Crippen molar-refractivity contribution in [1.82, 2.24) is 4.57 Å². The van der Waals surface area contributed by atoms with Gasteiger partial charge >= 0.3 is 0 Å². The molecule has 1 fully saturated rings. The molecule has 3 heteroatoms. The minimum Gasteiger partial charge on any atom is -0.348 e. The molecule has 0 unspecified atom stereocenters. The largest absolute Gasteiger partial charge is 0.348 e. The number of carbonyl (C=O) groups is 2. The topological polar surface area (TPSA) is 39.1 Å². The lowest BCUT2D eigenvalue weighted by molar-refractivity contribution is 0.0855. The molecule has 1 aliphatic rings. The molecule has 1 heterocycles. The summed E-state index contributed by atoms with van der Waals surface area (Å²) in [5, 5.41) is 0. The average Bonchev–Trinajstić information content (AvgIpc) is 2.43. The van der Waals surface area contributed by atoms with Crippen LogP contribution >= 0.6 is 0 Å². The zero-order valence-electron chi connectivity index (χ0n) is 8.19. The van der Waals surface area contributed by atoms with Gasteiger partial charge in [0.05, 0.1) is 5.69 Å². The van der Waals surface area contributed by atoms with Crippen molar-refractivity contribution >= 4 is 12.1 Å². The van der Waals surface area contributed by atoms with Gasteiger partial charge in [0.2, 0.25) is 0 Å². The van der Waals surface area contributed by atoms with Crippen LogP contribution in [0.5, 0.6) is 0 Å². The van der Waals surface area contributed by atoms with E-state index in [1.165, 1.54) is 0 Å². The molecule has 2 rings (SSSR count). The van der Waals surface area contributed by atoms with Crippen molar-refractivity contribution in [2.45, 2.75) is 19.3 Å². The maximum atomic E-state index is 11.8. The van der Waals surface area contributed by atoms with Gasteiger partial charge in [-0.1, -0.05) is 6.42 Å². The van der Waals surface area contributed by atoms with Gasteiger partial charge in [-0.15, -0.1) is 0 Å². The van der Waals surface area contributed by atoms with Crippen molar-refractivity contribution < 1.29 is 9.59 Å². The smallest absolute Gasteiger partial charge is 0.167 e. The normalized spacial score (nSPS) is 16.4. The van der Waals surface area contributed by atoms with Crippen LogP contribution in [0.25, 0.3) is 0 Å². The summed E-state index contributed by atoms with van der Waals surface area (Å²) in [6, 6.07) is 1.67. The summed E-state index contributed by atoms with van der Waals surface area (Å²) in [6.07, 6.45) is 5.68. The average molecular weight is 191 g/mol. The molecule has 0 N–H and O–H groups in total. The van der Waals surface area contributed by atoms with Gasteiger partial charge in [-0.3, -0.25) is 9.59 Å². The second-order valence-electron chi connectivity index (χ2n) is 3.87. The van der Waals surface area contributed by atoms with Gasteiger partial charge in [-0.25, -0.2) is 0 Å². The Morgan fingerprint density at radius 2 is 2.29 bits per heavy atom. The van der Waals surface area contributed by atoms with E-state index in [4.69, 9.17) is 0 Å². The quantitative estimate of drug-likeness (QED) is 0.540. The standard InChI is InChI=1S/C11H13NO2/c1-12-6-9(5-10(12)7-13)11(14)8-3-2-4-8/h5-8H,2-4H2,1H3. The highest BCUT2D eigenvalue weighted by molar-refractivity contribution is 5.99. The fourth-order valence-corrected chi connectivity index (χ4v) is 1.74. The SMILES string of the molecule is Cn1cc(C(=O)C2CCC2)cc1C=O. The number of ketones is 1. The first kappa shape index (κ1) is 9.19. The first-order valence-corrected chi connectivity index (χ1v) is 4.88. The van der Waals surface area contributed by atoms with Crippen LogP contribution in [0.15, 0.2) is 12.3 Å². The molecular weight excluding hydrogens is 178 g/mol. The van der Waals surface area contributed by atoms with Crippen LogP contribution in [0.3, 0.4) is 0 Å². The zero-order valence-corrected chi connectivity index (χ0v) is 8.19. The predicted molar refractivity (Wildman–Crippen MR) is 52.5 cm³/mol. The Labute approximate surface area is 82.7 Å². The Hall–Kier alpha value is -1.38. The molecule has 1 aromatic rings. The van der Waals surface area contributed by atoms with Gasteiger partial charge in [-0.05, 0) is 18.9 Å². The highest BCUT2D eigenvalue weighted by Crippen LogP contribution is 2.30. The van der Waals surface area contributed by atoms with Gasteiger partial charge in [0.15, 0.2) is 12.1 Å². The van der Waals surface area contributed by atoms with Crippen LogP contribution in [0.2, 0.25) is 0 Å². The summed E-state index contributed by atoms with van der Waals surface area (Å²) >= 11 is 0. The molecule has 0 spiro atoms. The van der Waals surface area contributed by atoms with Crippen LogP contribution in [-0.4, -0.2) is 16.6 Å². The number of Topliss-reactive ketones (excluding diaryl/α,β-unsaturated/α-hetero) is 1. The van der Waals surface area contributed by atoms with Crippen molar-refractivity contribution in [3.05, 3.63) is 23.5 Å². The molecule has 0 amide bonds. The van der Waals surface area contributed by atoms with Crippen LogP contribution in [0, 0.1) is 5.92 Å². The molecule has 0 bridgehead atoms. The third kappa shape index (κ3) is 1.39. The number of carbonyl (C=O) groups excluding carboxylic acids is 2. The van der Waals surface area contributed by atoms with E-state index in [-0.39, 0.29) is 11.7 Å². The molecule has 3 nitrogen and oxygen atoms in total. The molecule has 74 valence electrons. The van der Waals surface area contributed by atoms with Crippen LogP contribution in [0.4, 0.5) is 0 Å². The number of rotatable bonds is 3. The van der Waals surface area contributed by atoms with Crippen molar-refractivity contribution in [1.29, 1.82) is 0 Å². The van der Waals surface area contributed by atoms with Crippen molar-refractivity contribution in [3.8, 4) is 0 Å². The van der Waals surface area contributed by atoms with Crippen molar-refractivity contribution in [3.63, 3.8) is 0 Å². The molecule has 1 aliphatic carbocycles. The summed E-state index contributed by atoms with van der Waals surface area (Å²) in [6.45, 7) is 0. The Bertz CT molecular complexity index is 375. The fourth-order valence-electron chi connectivity index (χ4n) is 1.74. The van der Waals surface area contributed by atoms with Gasteiger partial charge in [-0.2, -0.15) is 0 Å². The second-order valence-corrected chi connectivity index (χ2v) is 3.87. The molecule has 14 heavy (non-hydrogen) atoms. The number of hydrogen-bond donors (Lipinski definition) is 0. The van der Waals surface area contributed by atoms with Gasteiger partial charge < -0.3 is 4.57 Å². The number of aryl methyl sites for hydroxylation is 1. The van der Waals surface area contributed by atoms with Gasteiger partial charge in [0.1, 0.15) is 0 Å². The van der Waals surface area contributed by atoms with E-state index in [9.17, 15) is 9.59 Å². The summed E-state index contributed by atoms with van der Waals surface area (Å²) in [5.41, 5.74) is 1.24. The van der Waals surface area contributed by atoms with E-state index in [2.05, 4.69) is 0 Å².